The van der Waals surface area contributed by atoms with E-state index < -0.39 is 49.5 Å². The average Bonchev–Trinajstić information content (AvgIpc) is 2.85. The molecule has 6 N–H and O–H groups in total. The van der Waals surface area contributed by atoms with Crippen LogP contribution in [0, 0.1) is 23.7 Å². The molecule has 4 fully saturated rings. The molecule has 33 heavy (non-hydrogen) atoms. The molecule has 2 saturated carbocycles. The minimum Gasteiger partial charge on any atom is -0.428 e. The molecule has 0 aromatic carbocycles. The molecule has 192 valence electrons. The third-order valence-electron chi connectivity index (χ3n) is 8.89. The summed E-state index contributed by atoms with van der Waals surface area (Å²) in [5, 5.41) is 51.2. The van der Waals surface area contributed by atoms with Crippen molar-refractivity contribution in [2.24, 2.45) is 23.7 Å². The lowest BCUT2D eigenvalue weighted by atomic mass is 9.66. The fourth-order valence-corrected chi connectivity index (χ4v) is 6.72. The van der Waals surface area contributed by atoms with Crippen LogP contribution in [0.2, 0.25) is 0 Å². The number of aliphatic hydroxyl groups excluding tert-OH is 5. The van der Waals surface area contributed by atoms with Gasteiger partial charge in [-0.05, 0) is 32.1 Å². The van der Waals surface area contributed by atoms with Gasteiger partial charge in [-0.1, -0.05) is 13.8 Å². The van der Waals surface area contributed by atoms with E-state index in [1.165, 1.54) is 0 Å². The molecule has 2 saturated heterocycles. The lowest BCUT2D eigenvalue weighted by molar-refractivity contribution is -0.347. The number of hydrogen-bond donors (Lipinski definition) is 5. The van der Waals surface area contributed by atoms with Gasteiger partial charge in [0.1, 0.15) is 24.4 Å². The van der Waals surface area contributed by atoms with E-state index in [4.69, 9.17) is 18.9 Å². The summed E-state index contributed by atoms with van der Waals surface area (Å²) < 4.78 is 22.6. The van der Waals surface area contributed by atoms with Gasteiger partial charge < -0.3 is 44.5 Å². The first-order chi connectivity index (χ1) is 15.8. The number of rotatable bonds is 5. The molecule has 0 aromatic heterocycles. The highest BCUT2D eigenvalue weighted by Gasteiger charge is 2.56. The molecule has 0 aromatic rings. The molecule has 12 atom stereocenters. The molecule has 4 aliphatic rings. The fourth-order valence-electron chi connectivity index (χ4n) is 6.72. The van der Waals surface area contributed by atoms with E-state index in [2.05, 4.69) is 6.92 Å². The number of aliphatic hydroxyl groups is 7. The Hall–Kier alpha value is -0.360. The van der Waals surface area contributed by atoms with Gasteiger partial charge in [0.2, 0.25) is 0 Å². The Labute approximate surface area is 196 Å². The van der Waals surface area contributed by atoms with Gasteiger partial charge in [-0.15, -0.1) is 0 Å². The van der Waals surface area contributed by atoms with Gasteiger partial charge in [0.25, 0.3) is 0 Å². The van der Waals surface area contributed by atoms with Gasteiger partial charge in [0, 0.05) is 25.4 Å². The molecule has 4 rings (SSSR count). The summed E-state index contributed by atoms with van der Waals surface area (Å²) in [5.74, 6) is 0.401. The summed E-state index contributed by atoms with van der Waals surface area (Å²) in [5.41, 5.74) is 0. The number of fused-ring (bicyclic) bond motifs is 1. The van der Waals surface area contributed by atoms with Crippen molar-refractivity contribution in [1.29, 1.82) is 0 Å². The van der Waals surface area contributed by atoms with Gasteiger partial charge in [0.15, 0.2) is 18.5 Å². The zero-order valence-electron chi connectivity index (χ0n) is 19.9. The first kappa shape index (κ1) is 25.7. The quantitative estimate of drug-likeness (QED) is 0.341. The Bertz CT molecular complexity index is 625. The highest BCUT2D eigenvalue weighted by atomic mass is 16.7. The van der Waals surface area contributed by atoms with Crippen LogP contribution in [-0.2, 0) is 14.2 Å². The van der Waals surface area contributed by atoms with Crippen molar-refractivity contribution >= 4 is 0 Å². The van der Waals surface area contributed by atoms with Gasteiger partial charge in [-0.2, -0.15) is 0 Å². The van der Waals surface area contributed by atoms with Gasteiger partial charge in [-0.25, -0.2) is 0 Å². The first-order valence-electron chi connectivity index (χ1n) is 12.6. The summed E-state index contributed by atoms with van der Waals surface area (Å²) in [4.78, 5) is 0. The molecule has 7 unspecified atom stereocenters. The Kier molecular flexibility index (Phi) is 8.36. The van der Waals surface area contributed by atoms with Crippen LogP contribution in [0.25, 0.3) is 0 Å². The van der Waals surface area contributed by atoms with Crippen LogP contribution in [0.15, 0.2) is 0 Å². The van der Waals surface area contributed by atoms with E-state index >= 15 is 0 Å². The highest BCUT2D eigenvalue weighted by molar-refractivity contribution is 5.00. The monoisotopic (exact) mass is 475 g/mol. The van der Waals surface area contributed by atoms with Crippen LogP contribution in [-0.4, -0.2) is 105 Å². The van der Waals surface area contributed by atoms with Crippen LogP contribution in [0.1, 0.15) is 52.4 Å². The number of hydrogen-bond acceptors (Lipinski definition) is 8. The summed E-state index contributed by atoms with van der Waals surface area (Å²) >= 11 is 0. The lowest BCUT2D eigenvalue weighted by Crippen LogP contribution is -2.64. The predicted octanol–water partition coefficient (Wildman–Crippen LogP) is -0.301. The van der Waals surface area contributed by atoms with Gasteiger partial charge in [0.05, 0.1) is 36.8 Å². The molecular weight excluding hydrogens is 432 g/mol. The second kappa shape index (κ2) is 10.7. The maximum atomic E-state index is 11.0. The molecule has 0 amide bonds. The van der Waals surface area contributed by atoms with E-state index in [-0.39, 0.29) is 30.0 Å². The minimum absolute atomic E-state index is 0.00207. The fraction of sp³-hybridized carbons (Fsp3) is 1.00. The SMILES string of the molecule is COC1CCC(C2CCC3C(O[C@@H]4O[C@H](CO)[C@@H](O)[C@H](O)[C@H]4O)C(C)C(O)C(C)C3[OH+]2)CC1. The third-order valence-corrected chi connectivity index (χ3v) is 8.89. The van der Waals surface area contributed by atoms with E-state index in [1.807, 2.05) is 6.92 Å². The molecule has 0 bridgehead atoms. The van der Waals surface area contributed by atoms with Crippen molar-refractivity contribution in [3.05, 3.63) is 0 Å². The zero-order chi connectivity index (χ0) is 23.9. The van der Waals surface area contributed by atoms with E-state index in [0.717, 1.165) is 38.5 Å². The van der Waals surface area contributed by atoms with Crippen molar-refractivity contribution in [3.8, 4) is 0 Å². The second-order valence-electron chi connectivity index (χ2n) is 10.7. The van der Waals surface area contributed by atoms with Gasteiger partial charge in [-0.3, -0.25) is 0 Å². The molecule has 2 heterocycles. The van der Waals surface area contributed by atoms with E-state index in [1.54, 1.807) is 7.11 Å². The molecular formula is C24H43O9+. The van der Waals surface area contributed by atoms with Crippen molar-refractivity contribution in [2.75, 3.05) is 13.7 Å². The smallest absolute Gasteiger partial charge is 0.186 e. The van der Waals surface area contributed by atoms with Crippen molar-refractivity contribution in [1.82, 2.24) is 0 Å². The Morgan fingerprint density at radius 1 is 0.848 bits per heavy atom. The summed E-state index contributed by atoms with van der Waals surface area (Å²) in [6, 6.07) is 0. The van der Waals surface area contributed by atoms with Crippen LogP contribution in [0.4, 0.5) is 0 Å². The standard InChI is InChI=1S/C24H42O9/c1-11-18(26)12(2)23(33-24-21(29)20(28)19(27)17(10-25)32-24)15-8-9-16(31-22(11)15)13-4-6-14(30-3)7-5-13/h11-29H,4-10H2,1-3H3/p+1/t11?,12?,13?,14?,15?,16?,17-,18?,19-,20+,21-,22?,23?,24+/m1/s1. The molecule has 0 radical (unpaired) electrons. The summed E-state index contributed by atoms with van der Waals surface area (Å²) in [7, 11) is 1.78. The van der Waals surface area contributed by atoms with Crippen LogP contribution in [0.5, 0.6) is 0 Å². The zero-order valence-corrected chi connectivity index (χ0v) is 19.9. The topological polar surface area (TPSA) is 142 Å². The normalized spacial score (nSPS) is 53.5. The van der Waals surface area contributed by atoms with Crippen molar-refractivity contribution < 1.29 is 44.5 Å². The summed E-state index contributed by atoms with van der Waals surface area (Å²) in [6.45, 7) is 3.49. The van der Waals surface area contributed by atoms with Crippen molar-refractivity contribution in [3.63, 3.8) is 0 Å². The van der Waals surface area contributed by atoms with Crippen LogP contribution >= 0.6 is 0 Å². The minimum atomic E-state index is -1.48. The molecule has 2 aliphatic heterocycles. The Morgan fingerprint density at radius 3 is 2.18 bits per heavy atom. The molecule has 9 nitrogen and oxygen atoms in total. The predicted molar refractivity (Wildman–Crippen MR) is 118 cm³/mol. The largest absolute Gasteiger partial charge is 0.428 e. The highest BCUT2D eigenvalue weighted by Crippen LogP contribution is 2.45. The number of methoxy groups -OCH3 is 1. The Balaban J connectivity index is 1.45. The molecule has 2 aliphatic carbocycles. The first-order valence-corrected chi connectivity index (χ1v) is 12.6. The maximum absolute atomic E-state index is 11.0. The number of ether oxygens (including phenoxy) is 4. The molecule has 0 spiro atoms. The van der Waals surface area contributed by atoms with Crippen molar-refractivity contribution in [2.45, 2.75) is 114 Å². The van der Waals surface area contributed by atoms with E-state index in [0.29, 0.717) is 12.0 Å². The van der Waals surface area contributed by atoms with Gasteiger partial charge >= 0.3 is 0 Å². The lowest BCUT2D eigenvalue weighted by Gasteiger charge is -2.51. The second-order valence-corrected chi connectivity index (χ2v) is 10.7. The third kappa shape index (κ3) is 4.99. The summed E-state index contributed by atoms with van der Waals surface area (Å²) in [6.07, 6.45) is -0.796. The molecule has 9 heteroatoms. The maximum Gasteiger partial charge on any atom is 0.186 e. The van der Waals surface area contributed by atoms with Crippen LogP contribution < -0.4 is 0 Å². The average molecular weight is 476 g/mol. The van der Waals surface area contributed by atoms with E-state index in [9.17, 15) is 25.5 Å². The Morgan fingerprint density at radius 2 is 1.55 bits per heavy atom. The van der Waals surface area contributed by atoms with Crippen LogP contribution in [0.3, 0.4) is 0 Å².